The molecule has 20 heavy (non-hydrogen) atoms. The van der Waals surface area contributed by atoms with E-state index in [1.807, 2.05) is 0 Å². The monoisotopic (exact) mass is 280 g/mol. The van der Waals surface area contributed by atoms with Gasteiger partial charge in [-0.15, -0.1) is 0 Å². The number of hydrogen-bond acceptors (Lipinski definition) is 6. The second kappa shape index (κ2) is 5.83. The summed E-state index contributed by atoms with van der Waals surface area (Å²) in [6, 6.07) is 1.17. The van der Waals surface area contributed by atoms with Gasteiger partial charge in [0.05, 0.1) is 17.1 Å². The molecule has 1 aromatic rings. The van der Waals surface area contributed by atoms with Gasteiger partial charge in [-0.3, -0.25) is 14.9 Å². The summed E-state index contributed by atoms with van der Waals surface area (Å²) in [4.78, 5) is 27.8. The smallest absolute Gasteiger partial charge is 0.288 e. The zero-order valence-electron chi connectivity index (χ0n) is 11.1. The average molecular weight is 280 g/mol. The maximum atomic E-state index is 12.3. The van der Waals surface area contributed by atoms with Crippen LogP contribution in [0.25, 0.3) is 0 Å². The fourth-order valence-corrected chi connectivity index (χ4v) is 2.29. The van der Waals surface area contributed by atoms with E-state index in [4.69, 9.17) is 10.5 Å². The van der Waals surface area contributed by atoms with Crippen molar-refractivity contribution in [1.29, 1.82) is 0 Å². The molecule has 2 heterocycles. The molecule has 0 spiro atoms. The molecular weight excluding hydrogens is 264 g/mol. The van der Waals surface area contributed by atoms with Gasteiger partial charge in [0, 0.05) is 32.2 Å². The minimum Gasteiger partial charge on any atom is -0.384 e. The van der Waals surface area contributed by atoms with Crippen molar-refractivity contribution in [3.63, 3.8) is 0 Å². The summed E-state index contributed by atoms with van der Waals surface area (Å²) < 4.78 is 5.07. The number of pyridine rings is 1. The number of carbonyl (C=O) groups excluding carboxylic acids is 1. The maximum absolute atomic E-state index is 12.3. The number of aromatic nitrogens is 1. The van der Waals surface area contributed by atoms with Gasteiger partial charge in [0.15, 0.2) is 0 Å². The van der Waals surface area contributed by atoms with E-state index in [1.54, 1.807) is 12.0 Å². The number of ether oxygens (including phenoxy) is 1. The average Bonchev–Trinajstić information content (AvgIpc) is 2.87. The van der Waals surface area contributed by atoms with E-state index in [-0.39, 0.29) is 28.9 Å². The Morgan fingerprint density at radius 1 is 1.70 bits per heavy atom. The molecule has 0 radical (unpaired) electrons. The molecule has 0 saturated carbocycles. The Balaban J connectivity index is 2.17. The van der Waals surface area contributed by atoms with Crippen molar-refractivity contribution in [1.82, 2.24) is 9.88 Å². The highest BCUT2D eigenvalue weighted by Gasteiger charge is 2.29. The number of likely N-dealkylation sites (tertiary alicyclic amines) is 1. The third-order valence-electron chi connectivity index (χ3n) is 3.32. The zero-order valence-corrected chi connectivity index (χ0v) is 11.1. The molecule has 2 N–H and O–H groups in total. The van der Waals surface area contributed by atoms with E-state index < -0.39 is 4.92 Å². The Morgan fingerprint density at radius 3 is 3.10 bits per heavy atom. The molecule has 8 heteroatoms. The first-order valence-electron chi connectivity index (χ1n) is 6.21. The van der Waals surface area contributed by atoms with E-state index in [0.717, 1.165) is 12.6 Å². The van der Waals surface area contributed by atoms with Crippen LogP contribution in [0.4, 0.5) is 11.5 Å². The predicted molar refractivity (Wildman–Crippen MR) is 71.2 cm³/mol. The van der Waals surface area contributed by atoms with E-state index in [2.05, 4.69) is 4.98 Å². The molecule has 2 rings (SSSR count). The van der Waals surface area contributed by atoms with Crippen molar-refractivity contribution < 1.29 is 14.5 Å². The molecule has 8 nitrogen and oxygen atoms in total. The van der Waals surface area contributed by atoms with Crippen LogP contribution < -0.4 is 5.73 Å². The van der Waals surface area contributed by atoms with Gasteiger partial charge in [-0.05, 0) is 6.42 Å². The SMILES string of the molecule is COCC1CCN(C(=O)c2cc([N+](=O)[O-])cnc2N)C1. The normalized spacial score (nSPS) is 18.2. The van der Waals surface area contributed by atoms with Crippen LogP contribution in [0.1, 0.15) is 16.8 Å². The summed E-state index contributed by atoms with van der Waals surface area (Å²) in [5.74, 6) is -0.0232. The third kappa shape index (κ3) is 2.85. The Kier molecular flexibility index (Phi) is 4.14. The van der Waals surface area contributed by atoms with Crippen molar-refractivity contribution in [2.24, 2.45) is 5.92 Å². The summed E-state index contributed by atoms with van der Waals surface area (Å²) in [6.07, 6.45) is 1.89. The number of methoxy groups -OCH3 is 1. The summed E-state index contributed by atoms with van der Waals surface area (Å²) >= 11 is 0. The molecule has 1 aliphatic rings. The second-order valence-electron chi connectivity index (χ2n) is 4.74. The summed E-state index contributed by atoms with van der Waals surface area (Å²) in [5, 5.41) is 10.7. The lowest BCUT2D eigenvalue weighted by atomic mass is 10.1. The lowest BCUT2D eigenvalue weighted by molar-refractivity contribution is -0.385. The lowest BCUT2D eigenvalue weighted by Gasteiger charge is -2.17. The number of carbonyl (C=O) groups is 1. The van der Waals surface area contributed by atoms with Gasteiger partial charge in [-0.25, -0.2) is 4.98 Å². The molecule has 0 bridgehead atoms. The van der Waals surface area contributed by atoms with Gasteiger partial charge < -0.3 is 15.4 Å². The maximum Gasteiger partial charge on any atom is 0.288 e. The van der Waals surface area contributed by atoms with Crippen LogP contribution in [-0.2, 0) is 4.74 Å². The van der Waals surface area contributed by atoms with Gasteiger partial charge in [-0.1, -0.05) is 0 Å². The number of hydrogen-bond donors (Lipinski definition) is 1. The topological polar surface area (TPSA) is 112 Å². The second-order valence-corrected chi connectivity index (χ2v) is 4.74. The molecule has 0 aromatic carbocycles. The van der Waals surface area contributed by atoms with Gasteiger partial charge in [0.25, 0.3) is 11.6 Å². The van der Waals surface area contributed by atoms with Crippen LogP contribution in [0.2, 0.25) is 0 Å². The fourth-order valence-electron chi connectivity index (χ4n) is 2.29. The minimum atomic E-state index is -0.596. The van der Waals surface area contributed by atoms with Crippen LogP contribution in [-0.4, -0.2) is 47.5 Å². The third-order valence-corrected chi connectivity index (χ3v) is 3.32. The molecule has 1 aromatic heterocycles. The summed E-state index contributed by atoms with van der Waals surface area (Å²) in [6.45, 7) is 1.75. The van der Waals surface area contributed by atoms with E-state index in [9.17, 15) is 14.9 Å². The van der Waals surface area contributed by atoms with Crippen molar-refractivity contribution in [2.45, 2.75) is 6.42 Å². The van der Waals surface area contributed by atoms with Crippen molar-refractivity contribution >= 4 is 17.4 Å². The first kappa shape index (κ1) is 14.2. The minimum absolute atomic E-state index is 0.00999. The highest BCUT2D eigenvalue weighted by atomic mass is 16.6. The Labute approximate surface area is 115 Å². The molecule has 1 saturated heterocycles. The Morgan fingerprint density at radius 2 is 2.45 bits per heavy atom. The largest absolute Gasteiger partial charge is 0.384 e. The summed E-state index contributed by atoms with van der Waals surface area (Å²) in [7, 11) is 1.62. The molecule has 1 unspecified atom stereocenters. The highest BCUT2D eigenvalue weighted by Crippen LogP contribution is 2.23. The molecule has 1 amide bonds. The molecule has 1 fully saturated rings. The quantitative estimate of drug-likeness (QED) is 0.641. The Bertz CT molecular complexity index is 534. The van der Waals surface area contributed by atoms with Gasteiger partial charge >= 0.3 is 0 Å². The molecule has 1 atom stereocenters. The predicted octanol–water partition coefficient (Wildman–Crippen LogP) is 0.680. The van der Waals surface area contributed by atoms with Crippen LogP contribution in [0.15, 0.2) is 12.3 Å². The number of nitrogen functional groups attached to an aromatic ring is 1. The van der Waals surface area contributed by atoms with Crippen LogP contribution in [0.3, 0.4) is 0 Å². The molecule has 108 valence electrons. The van der Waals surface area contributed by atoms with E-state index in [0.29, 0.717) is 19.7 Å². The number of nitrogens with two attached hydrogens (primary N) is 1. The first-order chi connectivity index (χ1) is 9.52. The number of rotatable bonds is 4. The number of anilines is 1. The number of amides is 1. The van der Waals surface area contributed by atoms with Crippen molar-refractivity contribution in [2.75, 3.05) is 32.5 Å². The van der Waals surface area contributed by atoms with Crippen LogP contribution in [0.5, 0.6) is 0 Å². The number of nitrogens with zero attached hydrogens (tertiary/aromatic N) is 3. The van der Waals surface area contributed by atoms with Gasteiger partial charge in [-0.2, -0.15) is 0 Å². The Hall–Kier alpha value is -2.22. The van der Waals surface area contributed by atoms with Crippen LogP contribution in [0, 0.1) is 16.0 Å². The van der Waals surface area contributed by atoms with E-state index >= 15 is 0 Å². The lowest BCUT2D eigenvalue weighted by Crippen LogP contribution is -2.30. The molecular formula is C12H16N4O4. The summed E-state index contributed by atoms with van der Waals surface area (Å²) in [5.41, 5.74) is 5.49. The van der Waals surface area contributed by atoms with Crippen LogP contribution >= 0.6 is 0 Å². The number of nitro groups is 1. The zero-order chi connectivity index (χ0) is 14.7. The van der Waals surface area contributed by atoms with Crippen molar-refractivity contribution in [3.05, 3.63) is 27.9 Å². The standard InChI is InChI=1S/C12H16N4O4/c1-20-7-8-2-3-15(6-8)12(17)10-4-9(16(18)19)5-14-11(10)13/h4-5,8H,2-3,6-7H2,1H3,(H2,13,14). The highest BCUT2D eigenvalue weighted by molar-refractivity contribution is 5.99. The molecule has 0 aliphatic carbocycles. The van der Waals surface area contributed by atoms with Crippen molar-refractivity contribution in [3.8, 4) is 0 Å². The van der Waals surface area contributed by atoms with Gasteiger partial charge in [0.1, 0.15) is 12.0 Å². The van der Waals surface area contributed by atoms with Gasteiger partial charge in [0.2, 0.25) is 0 Å². The molecule has 1 aliphatic heterocycles. The first-order valence-corrected chi connectivity index (χ1v) is 6.21. The fraction of sp³-hybridized carbons (Fsp3) is 0.500. The van der Waals surface area contributed by atoms with E-state index in [1.165, 1.54) is 6.07 Å².